The highest BCUT2D eigenvalue weighted by atomic mass is 16.5. The minimum Gasteiger partial charge on any atom is -0.481 e. The standard InChI is InChI=1S/C22H32N2O4/c1-2-3-4-5-6-7-11-14-23-16-18(22(26)27)21(25)20-15-19(24-28-20)17-12-9-8-10-13-17/h8-10,12-13,15,18,21,23,25H,2-7,11,14,16H2,1H3,(H,26,27). The van der Waals surface area contributed by atoms with Crippen LogP contribution in [0.4, 0.5) is 0 Å². The molecule has 28 heavy (non-hydrogen) atoms. The molecule has 0 amide bonds. The largest absolute Gasteiger partial charge is 0.481 e. The highest BCUT2D eigenvalue weighted by Crippen LogP contribution is 2.26. The minimum absolute atomic E-state index is 0.170. The van der Waals surface area contributed by atoms with E-state index in [1.54, 1.807) is 6.07 Å². The Labute approximate surface area is 166 Å². The SMILES string of the molecule is CCCCCCCCCNCC(C(=O)O)C(O)c1cc(-c2ccccc2)no1. The number of benzene rings is 1. The number of hydrogen-bond donors (Lipinski definition) is 3. The van der Waals surface area contributed by atoms with Crippen molar-refractivity contribution in [2.24, 2.45) is 5.92 Å². The Balaban J connectivity index is 1.78. The van der Waals surface area contributed by atoms with Crippen molar-refractivity contribution in [1.29, 1.82) is 0 Å². The van der Waals surface area contributed by atoms with Crippen LogP contribution in [0.3, 0.4) is 0 Å². The smallest absolute Gasteiger partial charge is 0.310 e. The van der Waals surface area contributed by atoms with Crippen LogP contribution in [-0.2, 0) is 4.79 Å². The third-order valence-corrected chi connectivity index (χ3v) is 4.91. The van der Waals surface area contributed by atoms with Gasteiger partial charge < -0.3 is 20.1 Å². The van der Waals surface area contributed by atoms with Crippen molar-refractivity contribution in [2.45, 2.75) is 58.0 Å². The lowest BCUT2D eigenvalue weighted by Crippen LogP contribution is -2.33. The van der Waals surface area contributed by atoms with E-state index in [0.29, 0.717) is 5.69 Å². The predicted molar refractivity (Wildman–Crippen MR) is 109 cm³/mol. The molecule has 2 aromatic rings. The van der Waals surface area contributed by atoms with Crippen LogP contribution in [0.15, 0.2) is 40.9 Å². The maximum atomic E-state index is 11.6. The van der Waals surface area contributed by atoms with Gasteiger partial charge in [-0.05, 0) is 13.0 Å². The monoisotopic (exact) mass is 388 g/mol. The van der Waals surface area contributed by atoms with Crippen LogP contribution < -0.4 is 5.32 Å². The molecule has 6 heteroatoms. The number of nitrogens with one attached hydrogen (secondary N) is 1. The summed E-state index contributed by atoms with van der Waals surface area (Å²) in [7, 11) is 0. The number of rotatable bonds is 14. The summed E-state index contributed by atoms with van der Waals surface area (Å²) in [6.45, 7) is 3.14. The molecule has 0 aliphatic carbocycles. The van der Waals surface area contributed by atoms with Gasteiger partial charge in [0.2, 0.25) is 0 Å². The molecule has 0 saturated heterocycles. The third-order valence-electron chi connectivity index (χ3n) is 4.91. The minimum atomic E-state index is -1.25. The first-order valence-corrected chi connectivity index (χ1v) is 10.3. The van der Waals surface area contributed by atoms with Crippen molar-refractivity contribution < 1.29 is 19.5 Å². The van der Waals surface area contributed by atoms with E-state index in [4.69, 9.17) is 4.52 Å². The van der Waals surface area contributed by atoms with Gasteiger partial charge in [-0.3, -0.25) is 4.79 Å². The van der Waals surface area contributed by atoms with E-state index in [0.717, 1.165) is 24.9 Å². The lowest BCUT2D eigenvalue weighted by Gasteiger charge is -2.17. The molecule has 0 aliphatic heterocycles. The number of carbonyl (C=O) groups is 1. The van der Waals surface area contributed by atoms with Crippen LogP contribution in [0.1, 0.15) is 63.7 Å². The van der Waals surface area contributed by atoms with Gasteiger partial charge in [0, 0.05) is 18.2 Å². The second-order valence-electron chi connectivity index (χ2n) is 7.20. The highest BCUT2D eigenvalue weighted by molar-refractivity contribution is 5.71. The fourth-order valence-corrected chi connectivity index (χ4v) is 3.17. The Hall–Kier alpha value is -2.18. The number of aliphatic carboxylic acids is 1. The number of aliphatic hydroxyl groups is 1. The van der Waals surface area contributed by atoms with Crippen LogP contribution in [-0.4, -0.2) is 34.4 Å². The van der Waals surface area contributed by atoms with E-state index < -0.39 is 18.0 Å². The van der Waals surface area contributed by atoms with Crippen molar-refractivity contribution in [3.63, 3.8) is 0 Å². The number of aliphatic hydroxyl groups excluding tert-OH is 1. The quantitative estimate of drug-likeness (QED) is 0.415. The van der Waals surface area contributed by atoms with Crippen molar-refractivity contribution in [1.82, 2.24) is 10.5 Å². The van der Waals surface area contributed by atoms with E-state index in [1.807, 2.05) is 30.3 Å². The molecule has 6 nitrogen and oxygen atoms in total. The van der Waals surface area contributed by atoms with E-state index in [9.17, 15) is 15.0 Å². The highest BCUT2D eigenvalue weighted by Gasteiger charge is 2.30. The van der Waals surface area contributed by atoms with Gasteiger partial charge in [-0.2, -0.15) is 0 Å². The number of unbranched alkanes of at least 4 members (excludes halogenated alkanes) is 6. The molecule has 2 atom stereocenters. The number of aromatic nitrogens is 1. The van der Waals surface area contributed by atoms with Crippen LogP contribution in [0.2, 0.25) is 0 Å². The molecule has 2 unspecified atom stereocenters. The Morgan fingerprint density at radius 2 is 1.79 bits per heavy atom. The van der Waals surface area contributed by atoms with E-state index in [2.05, 4.69) is 17.4 Å². The second-order valence-corrected chi connectivity index (χ2v) is 7.20. The average Bonchev–Trinajstić information content (AvgIpc) is 3.20. The predicted octanol–water partition coefficient (Wildman–Crippen LogP) is 4.42. The first-order chi connectivity index (χ1) is 13.6. The molecule has 0 radical (unpaired) electrons. The fraction of sp³-hybridized carbons (Fsp3) is 0.545. The van der Waals surface area contributed by atoms with Crippen LogP contribution in [0.5, 0.6) is 0 Å². The van der Waals surface area contributed by atoms with Crippen molar-refractivity contribution in [2.75, 3.05) is 13.1 Å². The van der Waals surface area contributed by atoms with Gasteiger partial charge in [0.15, 0.2) is 5.76 Å². The maximum Gasteiger partial charge on any atom is 0.310 e. The Kier molecular flexibility index (Phi) is 9.72. The molecular formula is C22H32N2O4. The van der Waals surface area contributed by atoms with Crippen molar-refractivity contribution in [3.8, 4) is 11.3 Å². The number of nitrogens with zero attached hydrogens (tertiary/aromatic N) is 1. The van der Waals surface area contributed by atoms with Gasteiger partial charge in [-0.15, -0.1) is 0 Å². The maximum absolute atomic E-state index is 11.6. The first-order valence-electron chi connectivity index (χ1n) is 10.3. The van der Waals surface area contributed by atoms with E-state index >= 15 is 0 Å². The molecule has 1 aromatic carbocycles. The summed E-state index contributed by atoms with van der Waals surface area (Å²) >= 11 is 0. The van der Waals surface area contributed by atoms with Gasteiger partial charge in [-0.25, -0.2) is 0 Å². The van der Waals surface area contributed by atoms with Crippen LogP contribution >= 0.6 is 0 Å². The number of carboxylic acids is 1. The van der Waals surface area contributed by atoms with Gasteiger partial charge in [0.25, 0.3) is 0 Å². The summed E-state index contributed by atoms with van der Waals surface area (Å²) in [6, 6.07) is 11.0. The molecule has 1 aromatic heterocycles. The summed E-state index contributed by atoms with van der Waals surface area (Å²) in [5.74, 6) is -1.87. The molecule has 0 fully saturated rings. The zero-order valence-corrected chi connectivity index (χ0v) is 16.6. The third kappa shape index (κ3) is 7.09. The molecule has 0 aliphatic rings. The lowest BCUT2D eigenvalue weighted by molar-refractivity contribution is -0.146. The number of carboxylic acid groups (broad SMARTS) is 1. The molecule has 2 rings (SSSR count). The zero-order chi connectivity index (χ0) is 20.2. The van der Waals surface area contributed by atoms with Gasteiger partial charge in [0.1, 0.15) is 17.7 Å². The van der Waals surface area contributed by atoms with Gasteiger partial charge in [0.05, 0.1) is 0 Å². The van der Waals surface area contributed by atoms with Crippen molar-refractivity contribution in [3.05, 3.63) is 42.2 Å². The van der Waals surface area contributed by atoms with Gasteiger partial charge in [-0.1, -0.05) is 80.9 Å². The molecule has 0 bridgehead atoms. The molecule has 0 spiro atoms. The summed E-state index contributed by atoms with van der Waals surface area (Å²) in [5.41, 5.74) is 1.43. The Morgan fingerprint density at radius 3 is 2.46 bits per heavy atom. The van der Waals surface area contributed by atoms with Crippen molar-refractivity contribution >= 4 is 5.97 Å². The molecule has 3 N–H and O–H groups in total. The average molecular weight is 389 g/mol. The fourth-order valence-electron chi connectivity index (χ4n) is 3.17. The summed E-state index contributed by atoms with van der Waals surface area (Å²) in [6.07, 6.45) is 7.22. The summed E-state index contributed by atoms with van der Waals surface area (Å²) in [5, 5.41) is 27.1. The second kappa shape index (κ2) is 12.3. The summed E-state index contributed by atoms with van der Waals surface area (Å²) in [4.78, 5) is 11.6. The lowest BCUT2D eigenvalue weighted by atomic mass is 9.99. The topological polar surface area (TPSA) is 95.6 Å². The zero-order valence-electron chi connectivity index (χ0n) is 16.6. The van der Waals surface area contributed by atoms with E-state index in [-0.39, 0.29) is 12.3 Å². The Bertz CT molecular complexity index is 687. The molecular weight excluding hydrogens is 356 g/mol. The van der Waals surface area contributed by atoms with Gasteiger partial charge >= 0.3 is 5.97 Å². The van der Waals surface area contributed by atoms with Crippen LogP contribution in [0.25, 0.3) is 11.3 Å². The first kappa shape index (κ1) is 22.1. The number of hydrogen-bond acceptors (Lipinski definition) is 5. The van der Waals surface area contributed by atoms with Crippen LogP contribution in [0, 0.1) is 5.92 Å². The molecule has 154 valence electrons. The molecule has 1 heterocycles. The normalized spacial score (nSPS) is 13.4. The Morgan fingerprint density at radius 1 is 1.11 bits per heavy atom. The summed E-state index contributed by atoms with van der Waals surface area (Å²) < 4.78 is 5.21. The molecule has 0 saturated carbocycles. The van der Waals surface area contributed by atoms with E-state index in [1.165, 1.54) is 32.1 Å².